The molecule has 36 heavy (non-hydrogen) atoms. The number of aromatic carboxylic acids is 1. The summed E-state index contributed by atoms with van der Waals surface area (Å²) in [6.07, 6.45) is 11.6. The van der Waals surface area contributed by atoms with Crippen LogP contribution in [-0.2, 0) is 0 Å². The Balaban J connectivity index is 1.20. The minimum absolute atomic E-state index is 0.165. The first kappa shape index (κ1) is 22.4. The highest BCUT2D eigenvalue weighted by atomic mass is 35.5. The number of aromatic nitrogens is 2. The molecule has 0 amide bonds. The average molecular weight is 522 g/mol. The van der Waals surface area contributed by atoms with Gasteiger partial charge in [-0.15, -0.1) is 0 Å². The normalized spacial score (nSPS) is 26.7. The second kappa shape index (κ2) is 8.09. The van der Waals surface area contributed by atoms with Gasteiger partial charge in [0.25, 0.3) is 0 Å². The van der Waals surface area contributed by atoms with Gasteiger partial charge < -0.3 is 14.5 Å². The molecule has 2 bridgehead atoms. The van der Waals surface area contributed by atoms with E-state index in [0.717, 1.165) is 73.3 Å². The zero-order valence-corrected chi connectivity index (χ0v) is 21.1. The lowest BCUT2D eigenvalue weighted by Crippen LogP contribution is -2.49. The van der Waals surface area contributed by atoms with Gasteiger partial charge in [0.1, 0.15) is 17.3 Å². The number of allylic oxidation sites excluding steroid dienone is 2. The molecule has 6 nitrogen and oxygen atoms in total. The van der Waals surface area contributed by atoms with Crippen molar-refractivity contribution in [1.29, 1.82) is 0 Å². The Morgan fingerprint density at radius 3 is 2.31 bits per heavy atom. The van der Waals surface area contributed by atoms with Gasteiger partial charge in [0, 0.05) is 35.3 Å². The average Bonchev–Trinajstić information content (AvgIpc) is 3.54. The Bertz CT molecular complexity index is 1380. The maximum Gasteiger partial charge on any atom is 0.337 e. The number of anilines is 1. The number of nitrogens with zero attached hydrogens (tertiary/aromatic N) is 3. The third-order valence-electron chi connectivity index (χ3n) is 8.37. The summed E-state index contributed by atoms with van der Waals surface area (Å²) in [4.78, 5) is 18.1. The number of piperidine rings is 1. The van der Waals surface area contributed by atoms with E-state index in [4.69, 9.17) is 27.7 Å². The molecule has 1 N–H and O–H groups in total. The molecule has 1 aromatic carbocycles. The van der Waals surface area contributed by atoms with Crippen LogP contribution in [0.4, 0.5) is 5.82 Å². The van der Waals surface area contributed by atoms with E-state index in [1.807, 2.05) is 24.3 Å². The first-order chi connectivity index (χ1) is 17.4. The van der Waals surface area contributed by atoms with Crippen LogP contribution in [0.1, 0.15) is 72.5 Å². The number of hydrogen-bond donors (Lipinski definition) is 1. The van der Waals surface area contributed by atoms with Crippen LogP contribution >= 0.6 is 23.2 Å². The van der Waals surface area contributed by atoms with Crippen LogP contribution in [0.15, 0.2) is 47.1 Å². The van der Waals surface area contributed by atoms with E-state index in [1.54, 1.807) is 6.07 Å². The van der Waals surface area contributed by atoms with Crippen LogP contribution in [0.2, 0.25) is 10.0 Å². The molecule has 8 heteroatoms. The molecule has 3 fully saturated rings. The van der Waals surface area contributed by atoms with Gasteiger partial charge in [-0.25, -0.2) is 9.78 Å². The largest absolute Gasteiger partial charge is 0.478 e. The maximum absolute atomic E-state index is 11.2. The highest BCUT2D eigenvalue weighted by Gasteiger charge is 2.52. The zero-order valence-electron chi connectivity index (χ0n) is 19.6. The minimum atomic E-state index is -0.946. The molecule has 184 valence electrons. The number of pyridine rings is 1. The maximum atomic E-state index is 11.2. The number of benzene rings is 1. The topological polar surface area (TPSA) is 79.5 Å². The first-order valence-electron chi connectivity index (χ1n) is 12.6. The molecule has 1 spiro atoms. The molecule has 2 aliphatic carbocycles. The number of hydrogen-bond acceptors (Lipinski definition) is 5. The summed E-state index contributed by atoms with van der Waals surface area (Å²) in [5.41, 5.74) is 4.29. The second-order valence-electron chi connectivity index (χ2n) is 10.8. The van der Waals surface area contributed by atoms with Crippen LogP contribution in [0.25, 0.3) is 16.8 Å². The summed E-state index contributed by atoms with van der Waals surface area (Å²) in [6, 6.07) is 9.87. The van der Waals surface area contributed by atoms with Crippen LogP contribution in [0.3, 0.4) is 0 Å². The summed E-state index contributed by atoms with van der Waals surface area (Å²) in [7, 11) is 0. The number of carboxylic acids is 1. The van der Waals surface area contributed by atoms with Gasteiger partial charge in [-0.3, -0.25) is 0 Å². The zero-order chi connectivity index (χ0) is 24.6. The Morgan fingerprint density at radius 1 is 1.03 bits per heavy atom. The Hall–Kier alpha value is -2.83. The van der Waals surface area contributed by atoms with Crippen molar-refractivity contribution in [1.82, 2.24) is 10.1 Å². The van der Waals surface area contributed by atoms with Crippen LogP contribution in [-0.4, -0.2) is 33.3 Å². The molecule has 2 atom stereocenters. The van der Waals surface area contributed by atoms with Crippen LogP contribution in [0, 0.1) is 5.41 Å². The van der Waals surface area contributed by atoms with Gasteiger partial charge in [0.05, 0.1) is 15.6 Å². The molecule has 3 aromatic rings. The molecule has 4 heterocycles. The standard InChI is InChI=1S/C28H25Cl2N3O3/c29-20-2-1-3-21(30)24(20)25-23(26(36-32-25)15-4-5-15)17-10-28(11-17)12-18-7-8-19(13-28)33(18)22-9-6-16(14-31-22)27(34)35/h1-3,6,9-10,14-15,18-19H,4-5,7-8,11-13H2,(H,34,35). The molecule has 2 aliphatic heterocycles. The van der Waals surface area contributed by atoms with Crippen molar-refractivity contribution >= 4 is 40.6 Å². The van der Waals surface area contributed by atoms with Crippen molar-refractivity contribution in [3.63, 3.8) is 0 Å². The molecular weight excluding hydrogens is 497 g/mol. The SMILES string of the molecule is O=C(O)c1ccc(N2C3CCC2CC2(C=C(c4c(-c5c(Cl)cccc5Cl)noc4C4CC4)C2)C3)nc1. The van der Waals surface area contributed by atoms with Crippen molar-refractivity contribution in [2.45, 2.75) is 62.9 Å². The van der Waals surface area contributed by atoms with Gasteiger partial charge in [0.15, 0.2) is 0 Å². The fourth-order valence-electron chi connectivity index (χ4n) is 6.70. The van der Waals surface area contributed by atoms with E-state index in [1.165, 1.54) is 11.8 Å². The molecule has 2 saturated heterocycles. The van der Waals surface area contributed by atoms with Gasteiger partial charge in [-0.2, -0.15) is 0 Å². The molecule has 0 radical (unpaired) electrons. The molecule has 1 saturated carbocycles. The van der Waals surface area contributed by atoms with E-state index >= 15 is 0 Å². The van der Waals surface area contributed by atoms with Crippen molar-refractivity contribution < 1.29 is 14.4 Å². The lowest BCUT2D eigenvalue weighted by Gasteiger charge is -2.50. The Morgan fingerprint density at radius 2 is 1.72 bits per heavy atom. The molecule has 7 rings (SSSR count). The van der Waals surface area contributed by atoms with Crippen LogP contribution < -0.4 is 4.90 Å². The van der Waals surface area contributed by atoms with E-state index in [0.29, 0.717) is 28.0 Å². The number of fused-ring (bicyclic) bond motifs is 2. The summed E-state index contributed by atoms with van der Waals surface area (Å²) in [6.45, 7) is 0. The summed E-state index contributed by atoms with van der Waals surface area (Å²) < 4.78 is 5.91. The molecule has 4 aliphatic rings. The van der Waals surface area contributed by atoms with Gasteiger partial charge in [-0.05, 0) is 80.2 Å². The lowest BCUT2D eigenvalue weighted by molar-refractivity contribution is 0.0696. The number of carboxylic acid groups (broad SMARTS) is 1. The monoisotopic (exact) mass is 521 g/mol. The van der Waals surface area contributed by atoms with Crippen molar-refractivity contribution in [3.05, 3.63) is 69.5 Å². The molecule has 2 aromatic heterocycles. The van der Waals surface area contributed by atoms with E-state index in [-0.39, 0.29) is 11.0 Å². The van der Waals surface area contributed by atoms with Crippen LogP contribution in [0.5, 0.6) is 0 Å². The predicted octanol–water partition coefficient (Wildman–Crippen LogP) is 7.22. The quantitative estimate of drug-likeness (QED) is 0.381. The fourth-order valence-corrected chi connectivity index (χ4v) is 7.27. The van der Waals surface area contributed by atoms with Crippen molar-refractivity contribution in [2.75, 3.05) is 4.90 Å². The first-order valence-corrected chi connectivity index (χ1v) is 13.3. The summed E-state index contributed by atoms with van der Waals surface area (Å²) in [5.74, 6) is 1.35. The number of carbonyl (C=O) groups is 1. The smallest absolute Gasteiger partial charge is 0.337 e. The summed E-state index contributed by atoms with van der Waals surface area (Å²) in [5, 5.41) is 14.9. The van der Waals surface area contributed by atoms with E-state index < -0.39 is 5.97 Å². The van der Waals surface area contributed by atoms with Gasteiger partial charge >= 0.3 is 5.97 Å². The minimum Gasteiger partial charge on any atom is -0.478 e. The Labute approximate surface area is 218 Å². The number of halogens is 2. The van der Waals surface area contributed by atoms with Crippen molar-refractivity contribution in [2.24, 2.45) is 5.41 Å². The Kier molecular flexibility index (Phi) is 5.03. The molecule has 2 unspecified atom stereocenters. The van der Waals surface area contributed by atoms with E-state index in [9.17, 15) is 9.90 Å². The molecular formula is C28H25Cl2N3O3. The third-order valence-corrected chi connectivity index (χ3v) is 9.00. The van der Waals surface area contributed by atoms with Crippen molar-refractivity contribution in [3.8, 4) is 11.3 Å². The summed E-state index contributed by atoms with van der Waals surface area (Å²) >= 11 is 13.1. The lowest BCUT2D eigenvalue weighted by atomic mass is 9.61. The number of rotatable bonds is 5. The highest BCUT2D eigenvalue weighted by molar-refractivity contribution is 6.39. The van der Waals surface area contributed by atoms with Gasteiger partial charge in [-0.1, -0.05) is 40.5 Å². The van der Waals surface area contributed by atoms with E-state index in [2.05, 4.69) is 21.1 Å². The fraction of sp³-hybridized carbons (Fsp3) is 0.393. The second-order valence-corrected chi connectivity index (χ2v) is 11.6. The third kappa shape index (κ3) is 3.49. The van der Waals surface area contributed by atoms with Gasteiger partial charge in [0.2, 0.25) is 0 Å². The predicted molar refractivity (Wildman–Crippen MR) is 139 cm³/mol. The highest BCUT2D eigenvalue weighted by Crippen LogP contribution is 2.60.